The zero-order valence-electron chi connectivity index (χ0n) is 14.5. The lowest BCUT2D eigenvalue weighted by atomic mass is 10.2. The van der Waals surface area contributed by atoms with Crippen molar-refractivity contribution in [2.45, 2.75) is 24.5 Å². The lowest BCUT2D eigenvalue weighted by Crippen LogP contribution is -2.15. The zero-order chi connectivity index (χ0) is 20.5. The highest BCUT2D eigenvalue weighted by atomic mass is 35.5. The molecule has 0 aliphatic carbocycles. The fourth-order valence-corrected chi connectivity index (χ4v) is 4.07. The fraction of sp³-hybridized carbons (Fsp3) is 0.167. The molecule has 28 heavy (non-hydrogen) atoms. The van der Waals surface area contributed by atoms with Gasteiger partial charge in [-0.15, -0.1) is 0 Å². The van der Waals surface area contributed by atoms with Crippen molar-refractivity contribution in [1.29, 1.82) is 0 Å². The summed E-state index contributed by atoms with van der Waals surface area (Å²) in [7, 11) is -4.19. The van der Waals surface area contributed by atoms with E-state index in [-0.39, 0.29) is 21.3 Å². The van der Waals surface area contributed by atoms with Gasteiger partial charge in [0.2, 0.25) is 0 Å². The van der Waals surface area contributed by atoms with Crippen molar-refractivity contribution in [3.63, 3.8) is 0 Å². The van der Waals surface area contributed by atoms with Crippen LogP contribution in [0.5, 0.6) is 0 Å². The summed E-state index contributed by atoms with van der Waals surface area (Å²) in [6.07, 6.45) is -3.30. The number of alkyl halides is 3. The number of hydrogen-bond acceptors (Lipinski definition) is 3. The van der Waals surface area contributed by atoms with Crippen molar-refractivity contribution < 1.29 is 21.6 Å². The highest BCUT2D eigenvalue weighted by molar-refractivity contribution is 7.92. The van der Waals surface area contributed by atoms with E-state index in [1.165, 1.54) is 17.8 Å². The second-order valence-corrected chi connectivity index (χ2v) is 8.12. The molecule has 0 unspecified atom stereocenters. The van der Waals surface area contributed by atoms with E-state index in [9.17, 15) is 21.6 Å². The number of benzene rings is 2. The number of anilines is 1. The SMILES string of the molecule is Cc1nn(Cc2ccccc2)cc1S(=O)(=O)Nc1cc(C(F)(F)F)ccc1Cl. The lowest BCUT2D eigenvalue weighted by Gasteiger charge is -2.12. The molecule has 10 heteroatoms. The minimum absolute atomic E-state index is 0.142. The van der Waals surface area contributed by atoms with Gasteiger partial charge in [-0.25, -0.2) is 8.42 Å². The van der Waals surface area contributed by atoms with Gasteiger partial charge in [-0.1, -0.05) is 41.9 Å². The van der Waals surface area contributed by atoms with Gasteiger partial charge in [0.25, 0.3) is 10.0 Å². The molecule has 3 rings (SSSR count). The van der Waals surface area contributed by atoms with E-state index in [0.29, 0.717) is 12.6 Å². The van der Waals surface area contributed by atoms with Gasteiger partial charge in [0.1, 0.15) is 4.90 Å². The smallest absolute Gasteiger partial charge is 0.278 e. The van der Waals surface area contributed by atoms with Gasteiger partial charge in [0.05, 0.1) is 28.5 Å². The first-order valence-corrected chi connectivity index (χ1v) is 9.90. The van der Waals surface area contributed by atoms with Crippen molar-refractivity contribution in [2.24, 2.45) is 0 Å². The topological polar surface area (TPSA) is 64.0 Å². The Kier molecular flexibility index (Phi) is 5.40. The Balaban J connectivity index is 1.90. The molecular weight excluding hydrogens is 415 g/mol. The maximum absolute atomic E-state index is 12.9. The van der Waals surface area contributed by atoms with Gasteiger partial charge >= 0.3 is 6.18 Å². The molecule has 0 amide bonds. The number of rotatable bonds is 5. The van der Waals surface area contributed by atoms with Crippen molar-refractivity contribution in [3.8, 4) is 0 Å². The predicted octanol–water partition coefficient (Wildman–Crippen LogP) is 4.71. The molecule has 0 radical (unpaired) electrons. The van der Waals surface area contributed by atoms with Gasteiger partial charge in [0.15, 0.2) is 0 Å². The summed E-state index contributed by atoms with van der Waals surface area (Å²) in [4.78, 5) is -0.142. The number of aryl methyl sites for hydroxylation is 1. The van der Waals surface area contributed by atoms with Crippen LogP contribution in [-0.2, 0) is 22.7 Å². The van der Waals surface area contributed by atoms with Crippen LogP contribution in [-0.4, -0.2) is 18.2 Å². The second kappa shape index (κ2) is 7.48. The van der Waals surface area contributed by atoms with E-state index in [4.69, 9.17) is 11.6 Å². The van der Waals surface area contributed by atoms with E-state index < -0.39 is 21.8 Å². The summed E-state index contributed by atoms with van der Waals surface area (Å²) < 4.78 is 67.7. The minimum Gasteiger partial charge on any atom is -0.278 e. The summed E-state index contributed by atoms with van der Waals surface area (Å²) in [5.41, 5.74) is -0.229. The highest BCUT2D eigenvalue weighted by Crippen LogP contribution is 2.34. The van der Waals surface area contributed by atoms with Crippen LogP contribution >= 0.6 is 11.6 Å². The minimum atomic E-state index is -4.62. The third-order valence-electron chi connectivity index (χ3n) is 3.92. The summed E-state index contributed by atoms with van der Waals surface area (Å²) >= 11 is 5.88. The van der Waals surface area contributed by atoms with Gasteiger partial charge in [-0.3, -0.25) is 9.40 Å². The van der Waals surface area contributed by atoms with Crippen LogP contribution < -0.4 is 4.72 Å². The molecule has 1 heterocycles. The van der Waals surface area contributed by atoms with Gasteiger partial charge in [-0.05, 0) is 30.7 Å². The summed E-state index contributed by atoms with van der Waals surface area (Å²) in [6.45, 7) is 1.85. The molecule has 0 fully saturated rings. The van der Waals surface area contributed by atoms with Crippen LogP contribution in [0.2, 0.25) is 5.02 Å². The van der Waals surface area contributed by atoms with E-state index in [2.05, 4.69) is 9.82 Å². The highest BCUT2D eigenvalue weighted by Gasteiger charge is 2.31. The average molecular weight is 430 g/mol. The molecule has 0 aliphatic heterocycles. The molecular formula is C18H15ClF3N3O2S. The molecule has 0 bridgehead atoms. The van der Waals surface area contributed by atoms with Crippen LogP contribution in [0.4, 0.5) is 18.9 Å². The maximum Gasteiger partial charge on any atom is 0.416 e. The zero-order valence-corrected chi connectivity index (χ0v) is 16.1. The first-order valence-electron chi connectivity index (χ1n) is 8.04. The monoisotopic (exact) mass is 429 g/mol. The number of halogens is 4. The largest absolute Gasteiger partial charge is 0.416 e. The van der Waals surface area contributed by atoms with Crippen LogP contribution in [0.3, 0.4) is 0 Å². The molecule has 1 aromatic heterocycles. The van der Waals surface area contributed by atoms with Crippen molar-refractivity contribution in [1.82, 2.24) is 9.78 Å². The normalized spacial score (nSPS) is 12.2. The van der Waals surface area contributed by atoms with Gasteiger partial charge in [-0.2, -0.15) is 18.3 Å². The maximum atomic E-state index is 12.9. The molecule has 2 aromatic carbocycles. The first kappa shape index (κ1) is 20.2. The Hall–Kier alpha value is -2.52. The summed E-state index contributed by atoms with van der Waals surface area (Å²) in [5.74, 6) is 0. The Morgan fingerprint density at radius 2 is 1.82 bits per heavy atom. The molecule has 5 nitrogen and oxygen atoms in total. The lowest BCUT2D eigenvalue weighted by molar-refractivity contribution is -0.137. The molecule has 0 atom stereocenters. The van der Waals surface area contributed by atoms with E-state index in [1.54, 1.807) is 0 Å². The Bertz CT molecular complexity index is 1100. The van der Waals surface area contributed by atoms with Gasteiger partial charge < -0.3 is 0 Å². The van der Waals surface area contributed by atoms with E-state index >= 15 is 0 Å². The first-order chi connectivity index (χ1) is 13.1. The van der Waals surface area contributed by atoms with E-state index in [0.717, 1.165) is 17.7 Å². The van der Waals surface area contributed by atoms with Crippen LogP contribution in [0, 0.1) is 6.92 Å². The Morgan fingerprint density at radius 1 is 1.14 bits per heavy atom. The standard InChI is InChI=1S/C18H15ClF3N3O2S/c1-12-17(11-25(23-12)10-13-5-3-2-4-6-13)28(26,27)24-16-9-14(18(20,21)22)7-8-15(16)19/h2-9,11,24H,10H2,1H3. The molecule has 3 aromatic rings. The van der Waals surface area contributed by atoms with Crippen molar-refractivity contribution in [3.05, 3.63) is 76.6 Å². The average Bonchev–Trinajstić information content (AvgIpc) is 2.98. The Labute approximate surface area is 164 Å². The molecule has 0 spiro atoms. The quantitative estimate of drug-likeness (QED) is 0.638. The molecule has 1 N–H and O–H groups in total. The van der Waals surface area contributed by atoms with Crippen molar-refractivity contribution in [2.75, 3.05) is 4.72 Å². The third-order valence-corrected chi connectivity index (χ3v) is 5.71. The number of nitrogens with zero attached hydrogens (tertiary/aromatic N) is 2. The second-order valence-electron chi connectivity index (χ2n) is 6.06. The summed E-state index contributed by atoms with van der Waals surface area (Å²) in [6, 6.07) is 11.7. The predicted molar refractivity (Wildman–Crippen MR) is 99.8 cm³/mol. The van der Waals surface area contributed by atoms with Crippen LogP contribution in [0.15, 0.2) is 59.6 Å². The molecule has 0 saturated carbocycles. The van der Waals surface area contributed by atoms with E-state index in [1.807, 2.05) is 30.3 Å². The van der Waals surface area contributed by atoms with Crippen LogP contribution in [0.25, 0.3) is 0 Å². The molecule has 148 valence electrons. The molecule has 0 aliphatic rings. The van der Waals surface area contributed by atoms with Crippen molar-refractivity contribution >= 4 is 27.3 Å². The number of sulfonamides is 1. The Morgan fingerprint density at radius 3 is 2.46 bits per heavy atom. The van der Waals surface area contributed by atoms with Crippen LogP contribution in [0.1, 0.15) is 16.8 Å². The number of aromatic nitrogens is 2. The fourth-order valence-electron chi connectivity index (χ4n) is 2.59. The van der Waals surface area contributed by atoms with Gasteiger partial charge in [0, 0.05) is 6.20 Å². The number of hydrogen-bond donors (Lipinski definition) is 1. The molecule has 0 saturated heterocycles. The summed E-state index contributed by atoms with van der Waals surface area (Å²) in [5, 5.41) is 4.03. The number of nitrogens with one attached hydrogen (secondary N) is 1. The third kappa shape index (κ3) is 4.48.